The van der Waals surface area contributed by atoms with Gasteiger partial charge in [-0.05, 0) is 65.6 Å². The Hall–Kier alpha value is -0.320. The van der Waals surface area contributed by atoms with Gasteiger partial charge in [-0.1, -0.05) is 6.92 Å². The summed E-state index contributed by atoms with van der Waals surface area (Å²) in [7, 11) is 0. The van der Waals surface area contributed by atoms with Crippen molar-refractivity contribution in [2.45, 2.75) is 58.5 Å². The fourth-order valence-electron chi connectivity index (χ4n) is 2.27. The van der Waals surface area contributed by atoms with E-state index in [1.54, 1.807) is 0 Å². The van der Waals surface area contributed by atoms with E-state index in [1.807, 2.05) is 6.92 Å². The van der Waals surface area contributed by atoms with E-state index in [2.05, 4.69) is 31.0 Å². The van der Waals surface area contributed by atoms with Gasteiger partial charge in [0, 0.05) is 5.54 Å². The molecule has 1 amide bonds. The Morgan fingerprint density at radius 1 is 1.42 bits per heavy atom. The molecule has 1 fully saturated rings. The molecule has 1 aliphatic heterocycles. The summed E-state index contributed by atoms with van der Waals surface area (Å²) in [5, 5.41) is 3.12. The van der Waals surface area contributed by atoms with Gasteiger partial charge in [0.05, 0.1) is 6.04 Å². The van der Waals surface area contributed by atoms with E-state index < -0.39 is 0 Å². The number of carbonyl (C=O) groups excluding carboxylic acids is 1. The van der Waals surface area contributed by atoms with Crippen LogP contribution in [0.1, 0.15) is 47.0 Å². The number of piperidine rings is 1. The van der Waals surface area contributed by atoms with Crippen LogP contribution in [0.5, 0.6) is 0 Å². The zero-order valence-corrected chi connectivity index (χ0v) is 13.6. The molecule has 19 heavy (non-hydrogen) atoms. The fraction of sp³-hybridized carbons (Fsp3) is 0.929. The Morgan fingerprint density at radius 3 is 2.37 bits per heavy atom. The number of carbonyl (C=O) groups is 1. The first-order chi connectivity index (χ1) is 8.39. The maximum absolute atomic E-state index is 12.2. The lowest BCUT2D eigenvalue weighted by Crippen LogP contribution is -2.53. The number of hydrogen-bond donors (Lipinski definition) is 2. The molecule has 1 aliphatic rings. The highest BCUT2D eigenvalue weighted by atomic mass is 35.5. The molecule has 3 N–H and O–H groups in total. The number of nitrogens with one attached hydrogen (secondary N) is 1. The molecule has 4 nitrogen and oxygen atoms in total. The molecule has 0 aromatic rings. The van der Waals surface area contributed by atoms with Crippen LogP contribution in [0.4, 0.5) is 0 Å². The summed E-state index contributed by atoms with van der Waals surface area (Å²) in [6.07, 6.45) is 3.18. The highest BCUT2D eigenvalue weighted by Gasteiger charge is 2.28. The summed E-state index contributed by atoms with van der Waals surface area (Å²) in [6, 6.07) is -0.0328. The number of amides is 1. The number of rotatable bonds is 5. The van der Waals surface area contributed by atoms with Crippen molar-refractivity contribution in [1.29, 1.82) is 0 Å². The van der Waals surface area contributed by atoms with Crippen LogP contribution in [0.25, 0.3) is 0 Å². The second-order valence-electron chi connectivity index (χ2n) is 6.12. The maximum Gasteiger partial charge on any atom is 0.237 e. The first-order valence-electron chi connectivity index (χ1n) is 7.15. The average molecular weight is 292 g/mol. The van der Waals surface area contributed by atoms with Crippen LogP contribution >= 0.6 is 12.4 Å². The van der Waals surface area contributed by atoms with Gasteiger partial charge in [0.25, 0.3) is 0 Å². The molecule has 0 spiro atoms. The smallest absolute Gasteiger partial charge is 0.237 e. The summed E-state index contributed by atoms with van der Waals surface area (Å²) in [5.41, 5.74) is 5.58. The number of halogens is 1. The summed E-state index contributed by atoms with van der Waals surface area (Å²) in [5.74, 6) is 0.789. The third kappa shape index (κ3) is 5.67. The number of hydrogen-bond acceptors (Lipinski definition) is 3. The van der Waals surface area contributed by atoms with Gasteiger partial charge in [-0.2, -0.15) is 0 Å². The molecular weight excluding hydrogens is 262 g/mol. The molecule has 0 saturated carbocycles. The molecule has 0 bridgehead atoms. The van der Waals surface area contributed by atoms with Crippen molar-refractivity contribution in [3.63, 3.8) is 0 Å². The van der Waals surface area contributed by atoms with Gasteiger partial charge in [-0.15, -0.1) is 12.4 Å². The van der Waals surface area contributed by atoms with Crippen molar-refractivity contribution in [1.82, 2.24) is 10.2 Å². The molecular formula is C14H30ClN3O. The highest BCUT2D eigenvalue weighted by Crippen LogP contribution is 2.18. The third-order valence-corrected chi connectivity index (χ3v) is 4.26. The predicted molar refractivity (Wildman–Crippen MR) is 82.6 cm³/mol. The molecule has 114 valence electrons. The third-order valence-electron chi connectivity index (χ3n) is 4.26. The van der Waals surface area contributed by atoms with Gasteiger partial charge in [-0.3, -0.25) is 9.69 Å². The van der Waals surface area contributed by atoms with E-state index in [4.69, 9.17) is 5.73 Å². The summed E-state index contributed by atoms with van der Waals surface area (Å²) >= 11 is 0. The topological polar surface area (TPSA) is 58.4 Å². The summed E-state index contributed by atoms with van der Waals surface area (Å²) in [6.45, 7) is 11.0. The number of nitrogens with two attached hydrogens (primary N) is 1. The zero-order valence-electron chi connectivity index (χ0n) is 12.7. The SMILES string of the molecule is CCC(C)(C)NC(=O)C(C)N1CCC(CN)CC1.Cl. The first kappa shape index (κ1) is 18.7. The summed E-state index contributed by atoms with van der Waals surface area (Å²) in [4.78, 5) is 14.5. The standard InChI is InChI=1S/C14H29N3O.ClH/c1-5-14(3,4)16-13(18)11(2)17-8-6-12(10-15)7-9-17;/h11-12H,5-10,15H2,1-4H3,(H,16,18);1H. The lowest BCUT2D eigenvalue weighted by molar-refractivity contribution is -0.128. The lowest BCUT2D eigenvalue weighted by Gasteiger charge is -2.36. The Morgan fingerprint density at radius 2 is 1.95 bits per heavy atom. The zero-order chi connectivity index (χ0) is 13.8. The van der Waals surface area contributed by atoms with Gasteiger partial charge < -0.3 is 11.1 Å². The van der Waals surface area contributed by atoms with E-state index in [-0.39, 0.29) is 29.9 Å². The number of nitrogens with zero attached hydrogens (tertiary/aromatic N) is 1. The molecule has 1 saturated heterocycles. The fourth-order valence-corrected chi connectivity index (χ4v) is 2.27. The van der Waals surface area contributed by atoms with E-state index >= 15 is 0 Å². The van der Waals surface area contributed by atoms with Crippen LogP contribution in [0.2, 0.25) is 0 Å². The normalized spacial score (nSPS) is 19.6. The maximum atomic E-state index is 12.2. The molecule has 0 radical (unpaired) electrons. The minimum Gasteiger partial charge on any atom is -0.350 e. The Labute approximate surface area is 123 Å². The Bertz CT molecular complexity index is 276. The molecule has 0 aromatic heterocycles. The first-order valence-corrected chi connectivity index (χ1v) is 7.15. The quantitative estimate of drug-likeness (QED) is 0.812. The van der Waals surface area contributed by atoms with Crippen molar-refractivity contribution in [2.75, 3.05) is 19.6 Å². The van der Waals surface area contributed by atoms with Crippen LogP contribution in [-0.4, -0.2) is 42.0 Å². The molecule has 0 aliphatic carbocycles. The van der Waals surface area contributed by atoms with Crippen molar-refractivity contribution in [2.24, 2.45) is 11.7 Å². The van der Waals surface area contributed by atoms with Gasteiger partial charge in [0.1, 0.15) is 0 Å². The minimum atomic E-state index is -0.110. The van der Waals surface area contributed by atoms with E-state index in [0.717, 1.165) is 38.9 Å². The van der Waals surface area contributed by atoms with Crippen molar-refractivity contribution in [3.05, 3.63) is 0 Å². The van der Waals surface area contributed by atoms with Crippen molar-refractivity contribution in [3.8, 4) is 0 Å². The molecule has 1 rings (SSSR count). The number of likely N-dealkylation sites (tertiary alicyclic amines) is 1. The minimum absolute atomic E-state index is 0. The highest BCUT2D eigenvalue weighted by molar-refractivity contribution is 5.85. The monoisotopic (exact) mass is 291 g/mol. The van der Waals surface area contributed by atoms with E-state index in [0.29, 0.717) is 5.92 Å². The van der Waals surface area contributed by atoms with Crippen LogP contribution < -0.4 is 11.1 Å². The molecule has 1 heterocycles. The molecule has 5 heteroatoms. The Kier molecular flexibility index (Phi) is 7.94. The summed E-state index contributed by atoms with van der Waals surface area (Å²) < 4.78 is 0. The van der Waals surface area contributed by atoms with Gasteiger partial charge in [0.2, 0.25) is 5.91 Å². The second-order valence-corrected chi connectivity index (χ2v) is 6.12. The van der Waals surface area contributed by atoms with Crippen LogP contribution in [0, 0.1) is 5.92 Å². The van der Waals surface area contributed by atoms with Crippen molar-refractivity contribution < 1.29 is 4.79 Å². The largest absolute Gasteiger partial charge is 0.350 e. The average Bonchev–Trinajstić information content (AvgIpc) is 2.37. The molecule has 1 atom stereocenters. The van der Waals surface area contributed by atoms with E-state index in [9.17, 15) is 4.79 Å². The van der Waals surface area contributed by atoms with Crippen LogP contribution in [-0.2, 0) is 4.79 Å². The second kappa shape index (κ2) is 8.08. The van der Waals surface area contributed by atoms with E-state index in [1.165, 1.54) is 0 Å². The van der Waals surface area contributed by atoms with Gasteiger partial charge in [-0.25, -0.2) is 0 Å². The molecule has 0 aromatic carbocycles. The Balaban J connectivity index is 0.00000324. The van der Waals surface area contributed by atoms with Crippen LogP contribution in [0.15, 0.2) is 0 Å². The lowest BCUT2D eigenvalue weighted by atomic mass is 9.95. The molecule has 1 unspecified atom stereocenters. The predicted octanol–water partition coefficient (Wildman–Crippen LogP) is 1.77. The van der Waals surface area contributed by atoms with Gasteiger partial charge in [0.15, 0.2) is 0 Å². The van der Waals surface area contributed by atoms with Gasteiger partial charge >= 0.3 is 0 Å². The van der Waals surface area contributed by atoms with Crippen molar-refractivity contribution >= 4 is 18.3 Å². The van der Waals surface area contributed by atoms with Crippen LogP contribution in [0.3, 0.4) is 0 Å².